The minimum atomic E-state index is 0.874. The van der Waals surface area contributed by atoms with Crippen LogP contribution < -0.4 is 4.90 Å². The molecular weight excluding hydrogens is 340 g/mol. The van der Waals surface area contributed by atoms with Crippen molar-refractivity contribution in [2.24, 2.45) is 7.05 Å². The molecule has 138 valence electrons. The first kappa shape index (κ1) is 16.9. The Morgan fingerprint density at radius 1 is 0.893 bits per heavy atom. The van der Waals surface area contributed by atoms with Gasteiger partial charge in [-0.3, -0.25) is 0 Å². The molecule has 0 amide bonds. The predicted octanol–water partition coefficient (Wildman–Crippen LogP) is 6.40. The molecule has 0 atom stereocenters. The quantitative estimate of drug-likeness (QED) is 0.408. The molecule has 2 heteroatoms. The number of fused-ring (bicyclic) bond motifs is 2. The average molecular weight is 364 g/mol. The first-order valence-corrected chi connectivity index (χ1v) is 9.88. The SMILES string of the molecule is C=C1c2cc(-c3ccc(CC)cc3)ccc2CN1c1ccc2ccn(C)c2c1. The first-order valence-electron chi connectivity index (χ1n) is 9.88. The molecule has 0 aliphatic carbocycles. The largest absolute Gasteiger partial charge is 0.350 e. The molecule has 0 bridgehead atoms. The van der Waals surface area contributed by atoms with E-state index >= 15 is 0 Å². The molecule has 2 heterocycles. The van der Waals surface area contributed by atoms with Crippen molar-refractivity contribution in [1.29, 1.82) is 0 Å². The minimum Gasteiger partial charge on any atom is -0.350 e. The lowest BCUT2D eigenvalue weighted by atomic mass is 9.98. The summed E-state index contributed by atoms with van der Waals surface area (Å²) >= 11 is 0. The van der Waals surface area contributed by atoms with Gasteiger partial charge in [0.25, 0.3) is 0 Å². The average Bonchev–Trinajstić information content (AvgIpc) is 3.27. The Morgan fingerprint density at radius 2 is 1.68 bits per heavy atom. The third kappa shape index (κ3) is 2.65. The van der Waals surface area contributed by atoms with Gasteiger partial charge in [-0.25, -0.2) is 0 Å². The third-order valence-electron chi connectivity index (χ3n) is 5.95. The molecular formula is C26H24N2. The molecule has 2 nitrogen and oxygen atoms in total. The van der Waals surface area contributed by atoms with Crippen LogP contribution in [-0.4, -0.2) is 4.57 Å². The Labute approximate surface area is 166 Å². The van der Waals surface area contributed by atoms with Crippen LogP contribution in [0.5, 0.6) is 0 Å². The molecule has 1 aliphatic heterocycles. The van der Waals surface area contributed by atoms with Crippen LogP contribution in [-0.2, 0) is 20.0 Å². The van der Waals surface area contributed by atoms with Crippen LogP contribution in [0.2, 0.25) is 0 Å². The Morgan fingerprint density at radius 3 is 2.46 bits per heavy atom. The van der Waals surface area contributed by atoms with Gasteiger partial charge >= 0.3 is 0 Å². The fraction of sp³-hybridized carbons (Fsp3) is 0.154. The van der Waals surface area contributed by atoms with E-state index in [2.05, 4.69) is 103 Å². The number of aromatic nitrogens is 1. The molecule has 0 N–H and O–H groups in total. The van der Waals surface area contributed by atoms with Gasteiger partial charge in [-0.1, -0.05) is 56.0 Å². The lowest BCUT2D eigenvalue weighted by molar-refractivity contribution is 0.967. The zero-order valence-corrected chi connectivity index (χ0v) is 16.4. The first-order chi connectivity index (χ1) is 13.6. The highest BCUT2D eigenvalue weighted by atomic mass is 15.2. The van der Waals surface area contributed by atoms with Gasteiger partial charge in [-0.2, -0.15) is 0 Å². The maximum Gasteiger partial charge on any atom is 0.0498 e. The highest BCUT2D eigenvalue weighted by Crippen LogP contribution is 2.38. The summed E-state index contributed by atoms with van der Waals surface area (Å²) in [5.41, 5.74) is 10.0. The summed E-state index contributed by atoms with van der Waals surface area (Å²) in [6, 6.07) is 24.5. The van der Waals surface area contributed by atoms with Crippen molar-refractivity contribution < 1.29 is 0 Å². The lowest BCUT2D eigenvalue weighted by Gasteiger charge is -2.20. The standard InChI is InChI=1S/C26H24N2/c1-4-19-5-7-20(8-6-19)22-9-10-23-17-28(18(2)25(23)15-22)24-12-11-21-13-14-27(3)26(21)16-24/h5-16H,2,4,17H2,1,3H3. The second kappa shape index (κ2) is 6.42. The molecule has 1 aromatic heterocycles. The van der Waals surface area contributed by atoms with E-state index in [0.717, 1.165) is 18.7 Å². The van der Waals surface area contributed by atoms with Gasteiger partial charge in [0.05, 0.1) is 0 Å². The molecule has 1 aliphatic rings. The Hall–Kier alpha value is -3.26. The van der Waals surface area contributed by atoms with E-state index in [1.165, 1.54) is 44.4 Å². The Bertz CT molecular complexity index is 1200. The number of hydrogen-bond acceptors (Lipinski definition) is 1. The van der Waals surface area contributed by atoms with Crippen molar-refractivity contribution in [3.63, 3.8) is 0 Å². The van der Waals surface area contributed by atoms with Gasteiger partial charge < -0.3 is 9.47 Å². The van der Waals surface area contributed by atoms with Crippen molar-refractivity contribution in [2.45, 2.75) is 19.9 Å². The van der Waals surface area contributed by atoms with Gasteiger partial charge in [0.1, 0.15) is 0 Å². The lowest BCUT2D eigenvalue weighted by Crippen LogP contribution is -2.12. The summed E-state index contributed by atoms with van der Waals surface area (Å²) in [5, 5.41) is 1.27. The second-order valence-electron chi connectivity index (χ2n) is 7.63. The minimum absolute atomic E-state index is 0.874. The zero-order valence-electron chi connectivity index (χ0n) is 16.4. The number of hydrogen-bond donors (Lipinski definition) is 0. The van der Waals surface area contributed by atoms with Crippen LogP contribution in [0.1, 0.15) is 23.6 Å². The Balaban J connectivity index is 1.50. The summed E-state index contributed by atoms with van der Waals surface area (Å²) in [6.07, 6.45) is 3.18. The normalized spacial score (nSPS) is 13.4. The maximum atomic E-state index is 4.42. The molecule has 0 spiro atoms. The van der Waals surface area contributed by atoms with Crippen LogP contribution in [0.4, 0.5) is 5.69 Å². The van der Waals surface area contributed by atoms with Gasteiger partial charge in [-0.15, -0.1) is 0 Å². The van der Waals surface area contributed by atoms with E-state index in [1.54, 1.807) is 0 Å². The van der Waals surface area contributed by atoms with Crippen molar-refractivity contribution in [3.8, 4) is 11.1 Å². The summed E-state index contributed by atoms with van der Waals surface area (Å²) in [4.78, 5) is 2.32. The summed E-state index contributed by atoms with van der Waals surface area (Å²) < 4.78 is 2.17. The smallest absolute Gasteiger partial charge is 0.0498 e. The molecule has 28 heavy (non-hydrogen) atoms. The van der Waals surface area contributed by atoms with Crippen LogP contribution in [0, 0.1) is 0 Å². The van der Waals surface area contributed by atoms with Crippen LogP contribution in [0.15, 0.2) is 79.5 Å². The third-order valence-corrected chi connectivity index (χ3v) is 5.95. The van der Waals surface area contributed by atoms with Crippen LogP contribution in [0.25, 0.3) is 27.7 Å². The van der Waals surface area contributed by atoms with E-state index < -0.39 is 0 Å². The van der Waals surface area contributed by atoms with E-state index in [9.17, 15) is 0 Å². The fourth-order valence-corrected chi connectivity index (χ4v) is 4.17. The van der Waals surface area contributed by atoms with Crippen LogP contribution in [0.3, 0.4) is 0 Å². The molecule has 4 aromatic rings. The summed E-state index contributed by atoms with van der Waals surface area (Å²) in [6.45, 7) is 7.49. The second-order valence-corrected chi connectivity index (χ2v) is 7.63. The molecule has 0 saturated heterocycles. The summed E-state index contributed by atoms with van der Waals surface area (Å²) in [7, 11) is 2.09. The van der Waals surface area contributed by atoms with Crippen molar-refractivity contribution >= 4 is 22.3 Å². The van der Waals surface area contributed by atoms with Gasteiger partial charge in [0.15, 0.2) is 0 Å². The number of rotatable bonds is 3. The number of anilines is 1. The monoisotopic (exact) mass is 364 g/mol. The zero-order chi connectivity index (χ0) is 19.3. The van der Waals surface area contributed by atoms with Gasteiger partial charge in [0, 0.05) is 42.3 Å². The molecule has 3 aromatic carbocycles. The van der Waals surface area contributed by atoms with Gasteiger partial charge in [0.2, 0.25) is 0 Å². The molecule has 5 rings (SSSR count). The molecule has 0 fully saturated rings. The highest BCUT2D eigenvalue weighted by Gasteiger charge is 2.24. The maximum absolute atomic E-state index is 4.42. The van der Waals surface area contributed by atoms with E-state index in [1.807, 2.05) is 0 Å². The fourth-order valence-electron chi connectivity index (χ4n) is 4.17. The number of benzene rings is 3. The summed E-state index contributed by atoms with van der Waals surface area (Å²) in [5.74, 6) is 0. The molecule has 0 radical (unpaired) electrons. The van der Waals surface area contributed by atoms with E-state index in [0.29, 0.717) is 0 Å². The van der Waals surface area contributed by atoms with Crippen LogP contribution >= 0.6 is 0 Å². The highest BCUT2D eigenvalue weighted by molar-refractivity contribution is 5.90. The van der Waals surface area contributed by atoms with Crippen molar-refractivity contribution in [3.05, 3.63) is 96.2 Å². The van der Waals surface area contributed by atoms with E-state index in [-0.39, 0.29) is 0 Å². The Kier molecular flexibility index (Phi) is 3.87. The van der Waals surface area contributed by atoms with E-state index in [4.69, 9.17) is 0 Å². The topological polar surface area (TPSA) is 8.17 Å². The molecule has 0 saturated carbocycles. The van der Waals surface area contributed by atoms with Crippen molar-refractivity contribution in [2.75, 3.05) is 4.90 Å². The van der Waals surface area contributed by atoms with Crippen molar-refractivity contribution in [1.82, 2.24) is 4.57 Å². The molecule has 0 unspecified atom stereocenters. The predicted molar refractivity (Wildman–Crippen MR) is 119 cm³/mol. The van der Waals surface area contributed by atoms with Gasteiger partial charge in [-0.05, 0) is 58.3 Å². The number of nitrogens with zero attached hydrogens (tertiary/aromatic N) is 2. The number of aryl methyl sites for hydroxylation is 2.